The van der Waals surface area contributed by atoms with Gasteiger partial charge >= 0.3 is 0 Å². The van der Waals surface area contributed by atoms with Gasteiger partial charge in [-0.15, -0.1) is 0 Å². The number of nitrogens with zero attached hydrogens (tertiary/aromatic N) is 2. The lowest BCUT2D eigenvalue weighted by Gasteiger charge is -2.26. The maximum absolute atomic E-state index is 10.3. The van der Waals surface area contributed by atoms with Crippen LogP contribution in [0.1, 0.15) is 13.3 Å². The number of thioether (sulfide) groups is 1. The number of rotatable bonds is 4. The van der Waals surface area contributed by atoms with Gasteiger partial charge in [-0.05, 0) is 13.2 Å². The summed E-state index contributed by atoms with van der Waals surface area (Å²) in [6.45, 7) is 2.84. The first-order valence-electron chi connectivity index (χ1n) is 5.70. The zero-order valence-corrected chi connectivity index (χ0v) is 11.9. The molecule has 0 aliphatic carbocycles. The van der Waals surface area contributed by atoms with Crippen molar-refractivity contribution < 1.29 is 9.84 Å². The van der Waals surface area contributed by atoms with Crippen molar-refractivity contribution in [2.75, 3.05) is 24.7 Å². The summed E-state index contributed by atoms with van der Waals surface area (Å²) in [5.41, 5.74) is -0.850. The molecule has 0 radical (unpaired) electrons. The number of aliphatic hydroxyl groups is 1. The summed E-state index contributed by atoms with van der Waals surface area (Å²) >= 11 is 7.32. The molecule has 1 aromatic rings. The van der Waals surface area contributed by atoms with E-state index < -0.39 is 5.60 Å². The van der Waals surface area contributed by atoms with Crippen LogP contribution in [0.2, 0.25) is 5.15 Å². The molecule has 2 N–H and O–H groups in total. The SMILES string of the molecule is CSc1nc(Cl)cc(NCC2(O)CCOC2C)n1. The van der Waals surface area contributed by atoms with Crippen molar-refractivity contribution in [2.24, 2.45) is 0 Å². The van der Waals surface area contributed by atoms with Crippen LogP contribution >= 0.6 is 23.4 Å². The van der Waals surface area contributed by atoms with E-state index in [1.165, 1.54) is 11.8 Å². The molecule has 5 nitrogen and oxygen atoms in total. The molecule has 2 unspecified atom stereocenters. The number of hydrogen-bond donors (Lipinski definition) is 2. The summed E-state index contributed by atoms with van der Waals surface area (Å²) in [4.78, 5) is 8.33. The number of nitrogens with one attached hydrogen (secondary N) is 1. The highest BCUT2D eigenvalue weighted by Crippen LogP contribution is 2.26. The van der Waals surface area contributed by atoms with Crippen molar-refractivity contribution in [3.8, 4) is 0 Å². The smallest absolute Gasteiger partial charge is 0.190 e. The number of ether oxygens (including phenoxy) is 1. The Kier molecular flexibility index (Phi) is 4.32. The van der Waals surface area contributed by atoms with Gasteiger partial charge in [-0.1, -0.05) is 23.4 Å². The summed E-state index contributed by atoms with van der Waals surface area (Å²) < 4.78 is 5.37. The Bertz CT molecular complexity index is 435. The van der Waals surface area contributed by atoms with Crippen molar-refractivity contribution >= 4 is 29.2 Å². The van der Waals surface area contributed by atoms with E-state index in [0.29, 0.717) is 35.7 Å². The average molecular weight is 290 g/mol. The molecular formula is C11H16ClN3O2S. The molecule has 1 aromatic heterocycles. The highest BCUT2D eigenvalue weighted by molar-refractivity contribution is 7.98. The van der Waals surface area contributed by atoms with Crippen LogP contribution in [0.25, 0.3) is 0 Å². The summed E-state index contributed by atoms with van der Waals surface area (Å²) in [6, 6.07) is 1.64. The third-order valence-corrected chi connectivity index (χ3v) is 3.83. The normalized spacial score (nSPS) is 27.4. The molecule has 1 saturated heterocycles. The Morgan fingerprint density at radius 2 is 2.44 bits per heavy atom. The number of hydrogen-bond acceptors (Lipinski definition) is 6. The van der Waals surface area contributed by atoms with E-state index in [9.17, 15) is 5.11 Å². The highest BCUT2D eigenvalue weighted by atomic mass is 35.5. The lowest BCUT2D eigenvalue weighted by atomic mass is 9.97. The quantitative estimate of drug-likeness (QED) is 0.500. The van der Waals surface area contributed by atoms with Gasteiger partial charge in [0, 0.05) is 25.6 Å². The Labute approximate surface area is 115 Å². The monoisotopic (exact) mass is 289 g/mol. The van der Waals surface area contributed by atoms with Crippen molar-refractivity contribution in [3.05, 3.63) is 11.2 Å². The first-order chi connectivity index (χ1) is 8.53. The van der Waals surface area contributed by atoms with Gasteiger partial charge in [0.1, 0.15) is 16.6 Å². The minimum Gasteiger partial charge on any atom is -0.385 e. The van der Waals surface area contributed by atoms with Gasteiger partial charge in [0.2, 0.25) is 0 Å². The topological polar surface area (TPSA) is 67.3 Å². The lowest BCUT2D eigenvalue weighted by Crippen LogP contribution is -2.43. The molecule has 0 amide bonds. The lowest BCUT2D eigenvalue weighted by molar-refractivity contribution is -0.0176. The molecule has 0 saturated carbocycles. The average Bonchev–Trinajstić information content (AvgIpc) is 2.67. The van der Waals surface area contributed by atoms with Crippen LogP contribution in [0.3, 0.4) is 0 Å². The minimum atomic E-state index is -0.850. The molecule has 0 spiro atoms. The van der Waals surface area contributed by atoms with Crippen molar-refractivity contribution in [3.63, 3.8) is 0 Å². The Morgan fingerprint density at radius 1 is 1.67 bits per heavy atom. The summed E-state index contributed by atoms with van der Waals surface area (Å²) in [6.07, 6.45) is 2.33. The third kappa shape index (κ3) is 3.06. The van der Waals surface area contributed by atoms with Crippen molar-refractivity contribution in [1.82, 2.24) is 9.97 Å². The van der Waals surface area contributed by atoms with Crippen LogP contribution in [0.15, 0.2) is 11.2 Å². The number of halogens is 1. The van der Waals surface area contributed by atoms with Crippen LogP contribution < -0.4 is 5.32 Å². The van der Waals surface area contributed by atoms with Gasteiger partial charge in [0.15, 0.2) is 5.16 Å². The molecule has 100 valence electrons. The van der Waals surface area contributed by atoms with E-state index in [-0.39, 0.29) is 6.10 Å². The van der Waals surface area contributed by atoms with Crippen LogP contribution in [-0.2, 0) is 4.74 Å². The summed E-state index contributed by atoms with van der Waals surface area (Å²) in [5.74, 6) is 0.617. The predicted molar refractivity (Wildman–Crippen MR) is 72.3 cm³/mol. The van der Waals surface area contributed by atoms with E-state index in [4.69, 9.17) is 16.3 Å². The highest BCUT2D eigenvalue weighted by Gasteiger charge is 2.39. The molecule has 2 rings (SSSR count). The molecule has 18 heavy (non-hydrogen) atoms. The van der Waals surface area contributed by atoms with Crippen molar-refractivity contribution in [1.29, 1.82) is 0 Å². The maximum Gasteiger partial charge on any atom is 0.190 e. The van der Waals surface area contributed by atoms with Gasteiger partial charge in [-0.2, -0.15) is 0 Å². The van der Waals surface area contributed by atoms with E-state index in [0.717, 1.165) is 0 Å². The second-order valence-corrected chi connectivity index (χ2v) is 5.44. The van der Waals surface area contributed by atoms with Crippen LogP contribution in [0.5, 0.6) is 0 Å². The fourth-order valence-electron chi connectivity index (χ4n) is 1.83. The Balaban J connectivity index is 2.04. The maximum atomic E-state index is 10.3. The fourth-order valence-corrected chi connectivity index (χ4v) is 2.44. The van der Waals surface area contributed by atoms with Crippen LogP contribution in [0.4, 0.5) is 5.82 Å². The first-order valence-corrected chi connectivity index (χ1v) is 7.30. The van der Waals surface area contributed by atoms with E-state index in [1.54, 1.807) is 6.07 Å². The fraction of sp³-hybridized carbons (Fsp3) is 0.636. The Hall–Kier alpha value is -0.560. The zero-order chi connectivity index (χ0) is 13.2. The van der Waals surface area contributed by atoms with Gasteiger partial charge in [0.05, 0.1) is 6.10 Å². The molecule has 1 aliphatic rings. The van der Waals surface area contributed by atoms with Gasteiger partial charge < -0.3 is 15.2 Å². The standard InChI is InChI=1S/C11H16ClN3O2S/c1-7-11(16,3-4-17-7)6-13-9-5-8(12)14-10(15-9)18-2/h5,7,16H,3-4,6H2,1-2H3,(H,13,14,15). The molecular weight excluding hydrogens is 274 g/mol. The molecule has 1 fully saturated rings. The van der Waals surface area contributed by atoms with Gasteiger partial charge in [-0.25, -0.2) is 9.97 Å². The largest absolute Gasteiger partial charge is 0.385 e. The van der Waals surface area contributed by atoms with Gasteiger partial charge in [-0.3, -0.25) is 0 Å². The number of anilines is 1. The second-order valence-electron chi connectivity index (χ2n) is 4.28. The molecule has 1 aliphatic heterocycles. The second kappa shape index (κ2) is 5.61. The van der Waals surface area contributed by atoms with Gasteiger partial charge in [0.25, 0.3) is 0 Å². The molecule has 2 heterocycles. The predicted octanol–water partition coefficient (Wildman–Crippen LogP) is 1.80. The summed E-state index contributed by atoms with van der Waals surface area (Å²) in [5, 5.41) is 14.4. The third-order valence-electron chi connectivity index (χ3n) is 3.09. The number of aromatic nitrogens is 2. The zero-order valence-electron chi connectivity index (χ0n) is 10.3. The molecule has 7 heteroatoms. The Morgan fingerprint density at radius 3 is 3.06 bits per heavy atom. The first kappa shape index (κ1) is 13.9. The van der Waals surface area contributed by atoms with Crippen LogP contribution in [0, 0.1) is 0 Å². The summed E-state index contributed by atoms with van der Waals surface area (Å²) in [7, 11) is 0. The van der Waals surface area contributed by atoms with Crippen molar-refractivity contribution in [2.45, 2.75) is 30.2 Å². The van der Waals surface area contributed by atoms with Crippen LogP contribution in [-0.4, -0.2) is 46.2 Å². The minimum absolute atomic E-state index is 0.178. The molecule has 0 aromatic carbocycles. The van der Waals surface area contributed by atoms with E-state index in [1.807, 2.05) is 13.2 Å². The molecule has 2 atom stereocenters. The molecule has 0 bridgehead atoms. The van der Waals surface area contributed by atoms with E-state index >= 15 is 0 Å². The van der Waals surface area contributed by atoms with E-state index in [2.05, 4.69) is 15.3 Å².